The summed E-state index contributed by atoms with van der Waals surface area (Å²) in [7, 11) is 0. The average Bonchev–Trinajstić information content (AvgIpc) is 3.36. The average molecular weight is 365 g/mol. The predicted octanol–water partition coefficient (Wildman–Crippen LogP) is 3.96. The molecule has 0 bridgehead atoms. The SMILES string of the molecule is NC1(c2noc(COc3ccccc3OCc3ccccc3)n2)CCCC1. The van der Waals surface area contributed by atoms with Crippen LogP contribution in [0.5, 0.6) is 11.5 Å². The van der Waals surface area contributed by atoms with Gasteiger partial charge in [-0.15, -0.1) is 0 Å². The van der Waals surface area contributed by atoms with E-state index in [9.17, 15) is 0 Å². The Kier molecular flexibility index (Phi) is 5.07. The first-order valence-electron chi connectivity index (χ1n) is 9.23. The van der Waals surface area contributed by atoms with E-state index in [1.54, 1.807) is 0 Å². The molecule has 6 heteroatoms. The Balaban J connectivity index is 1.39. The molecule has 3 aromatic rings. The Labute approximate surface area is 158 Å². The van der Waals surface area contributed by atoms with Gasteiger partial charge in [0.15, 0.2) is 23.9 Å². The van der Waals surface area contributed by atoms with Crippen molar-refractivity contribution in [2.75, 3.05) is 0 Å². The first kappa shape index (κ1) is 17.5. The lowest BCUT2D eigenvalue weighted by molar-refractivity contribution is 0.222. The van der Waals surface area contributed by atoms with E-state index in [2.05, 4.69) is 10.1 Å². The van der Waals surface area contributed by atoms with Crippen LogP contribution in [0, 0.1) is 0 Å². The summed E-state index contributed by atoms with van der Waals surface area (Å²) in [6, 6.07) is 17.6. The van der Waals surface area contributed by atoms with Gasteiger partial charge in [0, 0.05) is 0 Å². The number of nitrogens with zero attached hydrogens (tertiary/aromatic N) is 2. The maximum Gasteiger partial charge on any atom is 0.264 e. The summed E-state index contributed by atoms with van der Waals surface area (Å²) in [5.74, 6) is 2.30. The second kappa shape index (κ2) is 7.80. The van der Waals surface area contributed by atoms with E-state index in [1.807, 2.05) is 54.6 Å². The van der Waals surface area contributed by atoms with Gasteiger partial charge in [0.2, 0.25) is 0 Å². The largest absolute Gasteiger partial charge is 0.485 e. The third kappa shape index (κ3) is 4.11. The predicted molar refractivity (Wildman–Crippen MR) is 100 cm³/mol. The monoisotopic (exact) mass is 365 g/mol. The van der Waals surface area contributed by atoms with E-state index in [0.29, 0.717) is 29.8 Å². The number of benzene rings is 2. The van der Waals surface area contributed by atoms with Gasteiger partial charge >= 0.3 is 0 Å². The van der Waals surface area contributed by atoms with Crippen LogP contribution in [-0.2, 0) is 18.8 Å². The first-order chi connectivity index (χ1) is 13.2. The molecule has 27 heavy (non-hydrogen) atoms. The van der Waals surface area contributed by atoms with E-state index in [4.69, 9.17) is 19.7 Å². The molecule has 0 atom stereocenters. The van der Waals surface area contributed by atoms with Crippen molar-refractivity contribution >= 4 is 0 Å². The summed E-state index contributed by atoms with van der Waals surface area (Å²) in [5, 5.41) is 4.06. The molecular weight excluding hydrogens is 342 g/mol. The highest BCUT2D eigenvalue weighted by Crippen LogP contribution is 2.34. The van der Waals surface area contributed by atoms with E-state index >= 15 is 0 Å². The molecule has 0 aliphatic heterocycles. The lowest BCUT2D eigenvalue weighted by Crippen LogP contribution is -2.34. The van der Waals surface area contributed by atoms with Crippen LogP contribution >= 0.6 is 0 Å². The molecule has 0 unspecified atom stereocenters. The van der Waals surface area contributed by atoms with Crippen molar-refractivity contribution in [1.29, 1.82) is 0 Å². The number of nitrogens with two attached hydrogens (primary N) is 1. The van der Waals surface area contributed by atoms with Gasteiger partial charge in [-0.3, -0.25) is 0 Å². The fourth-order valence-corrected chi connectivity index (χ4v) is 3.31. The molecule has 1 aliphatic carbocycles. The molecule has 140 valence electrons. The van der Waals surface area contributed by atoms with Gasteiger partial charge in [-0.05, 0) is 30.5 Å². The maximum atomic E-state index is 6.37. The van der Waals surface area contributed by atoms with Gasteiger partial charge in [0.25, 0.3) is 5.89 Å². The summed E-state index contributed by atoms with van der Waals surface area (Å²) in [5.41, 5.74) is 7.01. The Morgan fingerprint density at radius 2 is 1.52 bits per heavy atom. The Bertz CT molecular complexity index is 873. The first-order valence-corrected chi connectivity index (χ1v) is 9.23. The van der Waals surface area contributed by atoms with Crippen molar-refractivity contribution in [3.63, 3.8) is 0 Å². The highest BCUT2D eigenvalue weighted by Gasteiger charge is 2.36. The van der Waals surface area contributed by atoms with Crippen molar-refractivity contribution < 1.29 is 14.0 Å². The molecule has 0 radical (unpaired) electrons. The lowest BCUT2D eigenvalue weighted by atomic mass is 9.99. The molecule has 0 amide bonds. The fraction of sp³-hybridized carbons (Fsp3) is 0.333. The quantitative estimate of drug-likeness (QED) is 0.682. The maximum absolute atomic E-state index is 6.37. The van der Waals surface area contributed by atoms with Crippen LogP contribution in [0.1, 0.15) is 43.0 Å². The minimum atomic E-state index is -0.460. The molecule has 2 N–H and O–H groups in total. The van der Waals surface area contributed by atoms with Crippen molar-refractivity contribution in [2.45, 2.75) is 44.4 Å². The summed E-state index contributed by atoms with van der Waals surface area (Å²) in [6.07, 6.45) is 3.98. The van der Waals surface area contributed by atoms with Crippen LogP contribution in [0.25, 0.3) is 0 Å². The molecule has 4 rings (SSSR count). The van der Waals surface area contributed by atoms with E-state index in [0.717, 1.165) is 31.2 Å². The molecule has 0 spiro atoms. The molecule has 1 aromatic heterocycles. The number of aromatic nitrogens is 2. The molecule has 2 aromatic carbocycles. The summed E-state index contributed by atoms with van der Waals surface area (Å²) < 4.78 is 17.1. The van der Waals surface area contributed by atoms with Gasteiger partial charge < -0.3 is 19.7 Å². The molecule has 1 fully saturated rings. The lowest BCUT2D eigenvalue weighted by Gasteiger charge is -2.17. The third-order valence-electron chi connectivity index (χ3n) is 4.85. The van der Waals surface area contributed by atoms with Gasteiger partial charge in [-0.2, -0.15) is 4.98 Å². The summed E-state index contributed by atoms with van der Waals surface area (Å²) >= 11 is 0. The highest BCUT2D eigenvalue weighted by atomic mass is 16.5. The van der Waals surface area contributed by atoms with Gasteiger partial charge in [0.05, 0.1) is 5.54 Å². The number of rotatable bonds is 7. The van der Waals surface area contributed by atoms with Crippen LogP contribution in [0.15, 0.2) is 59.1 Å². The zero-order valence-electron chi connectivity index (χ0n) is 15.1. The zero-order chi connectivity index (χ0) is 18.5. The van der Waals surface area contributed by atoms with Crippen LogP contribution < -0.4 is 15.2 Å². The van der Waals surface area contributed by atoms with Crippen molar-refractivity contribution in [3.8, 4) is 11.5 Å². The smallest absolute Gasteiger partial charge is 0.264 e. The molecule has 1 heterocycles. The minimum absolute atomic E-state index is 0.175. The third-order valence-corrected chi connectivity index (χ3v) is 4.85. The standard InChI is InChI=1S/C21H23N3O3/c22-21(12-6-7-13-21)20-23-19(27-24-20)15-26-18-11-5-4-10-17(18)25-14-16-8-2-1-3-9-16/h1-5,8-11H,6-7,12-15,22H2. The molecule has 0 saturated heterocycles. The van der Waals surface area contributed by atoms with Crippen LogP contribution in [0.4, 0.5) is 0 Å². The Morgan fingerprint density at radius 1 is 0.889 bits per heavy atom. The van der Waals surface area contributed by atoms with E-state index in [1.165, 1.54) is 0 Å². The van der Waals surface area contributed by atoms with Crippen molar-refractivity contribution in [2.24, 2.45) is 5.73 Å². The topological polar surface area (TPSA) is 83.4 Å². The Morgan fingerprint density at radius 3 is 2.22 bits per heavy atom. The van der Waals surface area contributed by atoms with Gasteiger partial charge in [-0.25, -0.2) is 0 Å². The number of hydrogen-bond acceptors (Lipinski definition) is 6. The minimum Gasteiger partial charge on any atom is -0.485 e. The second-order valence-corrected chi connectivity index (χ2v) is 6.88. The molecule has 1 saturated carbocycles. The second-order valence-electron chi connectivity index (χ2n) is 6.88. The summed E-state index contributed by atoms with van der Waals surface area (Å²) in [6.45, 7) is 0.649. The summed E-state index contributed by atoms with van der Waals surface area (Å²) in [4.78, 5) is 4.43. The van der Waals surface area contributed by atoms with Crippen molar-refractivity contribution in [3.05, 3.63) is 71.9 Å². The normalized spacial score (nSPS) is 15.6. The van der Waals surface area contributed by atoms with Gasteiger partial charge in [-0.1, -0.05) is 60.5 Å². The molecular formula is C21H23N3O3. The Hall–Kier alpha value is -2.86. The zero-order valence-corrected chi connectivity index (χ0v) is 15.1. The fourth-order valence-electron chi connectivity index (χ4n) is 3.31. The molecule has 6 nitrogen and oxygen atoms in total. The van der Waals surface area contributed by atoms with Crippen LogP contribution in [0.2, 0.25) is 0 Å². The highest BCUT2D eigenvalue weighted by molar-refractivity contribution is 5.39. The number of hydrogen-bond donors (Lipinski definition) is 1. The van der Waals surface area contributed by atoms with Crippen LogP contribution in [-0.4, -0.2) is 10.1 Å². The van der Waals surface area contributed by atoms with E-state index in [-0.39, 0.29) is 6.61 Å². The molecule has 1 aliphatic rings. The van der Waals surface area contributed by atoms with Crippen molar-refractivity contribution in [1.82, 2.24) is 10.1 Å². The van der Waals surface area contributed by atoms with E-state index < -0.39 is 5.54 Å². The van der Waals surface area contributed by atoms with Crippen LogP contribution in [0.3, 0.4) is 0 Å². The number of ether oxygens (including phenoxy) is 2. The number of para-hydroxylation sites is 2. The van der Waals surface area contributed by atoms with Gasteiger partial charge in [0.1, 0.15) is 6.61 Å².